The zero-order valence-electron chi connectivity index (χ0n) is 18.1. The van der Waals surface area contributed by atoms with Gasteiger partial charge in [0.1, 0.15) is 10.8 Å². The van der Waals surface area contributed by atoms with Gasteiger partial charge in [0.15, 0.2) is 18.1 Å². The Morgan fingerprint density at radius 2 is 2.09 bits per heavy atom. The zero-order valence-corrected chi connectivity index (χ0v) is 22.0. The molecule has 0 aliphatic heterocycles. The molecule has 0 bridgehead atoms. The number of hydrogen-bond acceptors (Lipinski definition) is 6. The summed E-state index contributed by atoms with van der Waals surface area (Å²) in [5.74, 6) is 0.332. The first-order valence-corrected chi connectivity index (χ1v) is 11.9. The van der Waals surface area contributed by atoms with E-state index in [9.17, 15) is 9.59 Å². The van der Waals surface area contributed by atoms with Crippen LogP contribution in [0.5, 0.6) is 11.5 Å². The Hall–Kier alpha value is -2.43. The van der Waals surface area contributed by atoms with Crippen molar-refractivity contribution < 1.29 is 14.3 Å². The highest BCUT2D eigenvalue weighted by Gasteiger charge is 2.19. The normalized spacial score (nSPS) is 12.3. The number of rotatable bonds is 8. The first kappa shape index (κ1) is 25.2. The van der Waals surface area contributed by atoms with Gasteiger partial charge in [0.25, 0.3) is 11.5 Å². The van der Waals surface area contributed by atoms with Crippen molar-refractivity contribution in [3.05, 3.63) is 60.0 Å². The van der Waals surface area contributed by atoms with Crippen molar-refractivity contribution in [1.82, 2.24) is 9.66 Å². The first-order chi connectivity index (χ1) is 15.7. The second kappa shape index (κ2) is 10.7. The van der Waals surface area contributed by atoms with E-state index in [0.717, 1.165) is 10.9 Å². The maximum absolute atomic E-state index is 13.3. The topological polar surface area (TPSA) is 109 Å². The highest BCUT2D eigenvalue weighted by atomic mass is 79.9. The Bertz CT molecular complexity index is 1310. The number of ether oxygens (including phenoxy) is 2. The molecule has 1 amide bonds. The molecule has 0 saturated heterocycles. The van der Waals surface area contributed by atoms with E-state index in [1.807, 2.05) is 19.9 Å². The summed E-state index contributed by atoms with van der Waals surface area (Å²) in [5.41, 5.74) is 6.00. The number of amides is 1. The third-order valence-corrected chi connectivity index (χ3v) is 6.87. The number of methoxy groups -OCH3 is 1. The summed E-state index contributed by atoms with van der Waals surface area (Å²) in [7, 11) is 1.44. The van der Waals surface area contributed by atoms with E-state index in [-0.39, 0.29) is 34.6 Å². The summed E-state index contributed by atoms with van der Waals surface area (Å²) in [6.45, 7) is 3.64. The minimum Gasteiger partial charge on any atom is -0.493 e. The van der Waals surface area contributed by atoms with Crippen molar-refractivity contribution in [2.24, 2.45) is 10.8 Å². The molecular formula is C22H21Br2ClN4O4. The van der Waals surface area contributed by atoms with E-state index in [1.54, 1.807) is 18.2 Å². The molecule has 0 saturated carbocycles. The third kappa shape index (κ3) is 5.39. The second-order valence-electron chi connectivity index (χ2n) is 7.18. The lowest BCUT2D eigenvalue weighted by Crippen LogP contribution is -2.23. The van der Waals surface area contributed by atoms with Crippen LogP contribution in [0.1, 0.15) is 37.6 Å². The Kier molecular flexibility index (Phi) is 8.14. The number of nitrogens with two attached hydrogens (primary N) is 1. The van der Waals surface area contributed by atoms with Crippen LogP contribution in [0, 0.1) is 0 Å². The Morgan fingerprint density at radius 3 is 2.73 bits per heavy atom. The van der Waals surface area contributed by atoms with Crippen LogP contribution in [0.3, 0.4) is 0 Å². The number of carbonyl (C=O) groups is 1. The molecule has 0 radical (unpaired) electrons. The fourth-order valence-electron chi connectivity index (χ4n) is 3.03. The van der Waals surface area contributed by atoms with Gasteiger partial charge >= 0.3 is 0 Å². The molecule has 1 atom stereocenters. The van der Waals surface area contributed by atoms with Crippen LogP contribution < -0.4 is 20.8 Å². The van der Waals surface area contributed by atoms with Crippen molar-refractivity contribution in [3.63, 3.8) is 0 Å². The van der Waals surface area contributed by atoms with Gasteiger partial charge in [0.05, 0.1) is 24.2 Å². The smallest absolute Gasteiger partial charge is 0.282 e. The van der Waals surface area contributed by atoms with E-state index in [0.29, 0.717) is 26.8 Å². The predicted octanol–water partition coefficient (Wildman–Crippen LogP) is 4.84. The number of primary amides is 1. The van der Waals surface area contributed by atoms with Crippen molar-refractivity contribution in [2.75, 3.05) is 13.7 Å². The van der Waals surface area contributed by atoms with E-state index >= 15 is 0 Å². The van der Waals surface area contributed by atoms with Gasteiger partial charge < -0.3 is 15.2 Å². The second-order valence-corrected chi connectivity index (χ2v) is 9.27. The summed E-state index contributed by atoms with van der Waals surface area (Å²) >= 11 is 13.2. The van der Waals surface area contributed by atoms with Gasteiger partial charge in [-0.05, 0) is 46.6 Å². The number of benzene rings is 2. The average molecular weight is 601 g/mol. The molecule has 3 aromatic rings. The molecule has 0 unspecified atom stereocenters. The van der Waals surface area contributed by atoms with Crippen molar-refractivity contribution in [1.29, 1.82) is 0 Å². The Labute approximate surface area is 212 Å². The largest absolute Gasteiger partial charge is 0.493 e. The SMILES string of the molecule is CC[C@H](C)c1nc2ccc(Br)cc2c(=O)n1N=Cc1cc(OC)c(OCC(N)=O)c(Cl)c1Br. The van der Waals surface area contributed by atoms with Crippen molar-refractivity contribution in [2.45, 2.75) is 26.2 Å². The predicted molar refractivity (Wildman–Crippen MR) is 136 cm³/mol. The lowest BCUT2D eigenvalue weighted by atomic mass is 10.1. The molecule has 1 heterocycles. The maximum Gasteiger partial charge on any atom is 0.282 e. The highest BCUT2D eigenvalue weighted by Crippen LogP contribution is 2.42. The molecule has 33 heavy (non-hydrogen) atoms. The summed E-state index contributed by atoms with van der Waals surface area (Å²) in [6, 6.07) is 6.98. The van der Waals surface area contributed by atoms with Gasteiger partial charge in [-0.15, -0.1) is 0 Å². The fraction of sp³-hybridized carbons (Fsp3) is 0.273. The van der Waals surface area contributed by atoms with E-state index in [4.69, 9.17) is 31.8 Å². The number of hydrogen-bond donors (Lipinski definition) is 1. The van der Waals surface area contributed by atoms with Crippen molar-refractivity contribution in [3.8, 4) is 11.5 Å². The summed E-state index contributed by atoms with van der Waals surface area (Å²) < 4.78 is 13.3. The van der Waals surface area contributed by atoms with Crippen LogP contribution >= 0.6 is 43.5 Å². The molecule has 2 N–H and O–H groups in total. The molecule has 2 aromatic carbocycles. The zero-order chi connectivity index (χ0) is 24.3. The van der Waals surface area contributed by atoms with Gasteiger partial charge in [-0.2, -0.15) is 9.78 Å². The van der Waals surface area contributed by atoms with Crippen LogP contribution in [0.15, 0.2) is 43.1 Å². The van der Waals surface area contributed by atoms with Gasteiger partial charge in [0, 0.05) is 20.4 Å². The molecule has 0 fully saturated rings. The van der Waals surface area contributed by atoms with Crippen LogP contribution in [0.4, 0.5) is 0 Å². The van der Waals surface area contributed by atoms with Crippen LogP contribution in [-0.4, -0.2) is 35.5 Å². The number of halogens is 3. The molecular weight excluding hydrogens is 580 g/mol. The molecule has 174 valence electrons. The molecule has 3 rings (SSSR count). The van der Waals surface area contributed by atoms with Crippen LogP contribution in [0.2, 0.25) is 5.02 Å². The number of nitrogens with zero attached hydrogens (tertiary/aromatic N) is 3. The average Bonchev–Trinajstić information content (AvgIpc) is 2.79. The van der Waals surface area contributed by atoms with Gasteiger partial charge in [-0.25, -0.2) is 4.98 Å². The number of aromatic nitrogens is 2. The summed E-state index contributed by atoms with van der Waals surface area (Å²) in [6.07, 6.45) is 2.26. The van der Waals surface area contributed by atoms with E-state index in [2.05, 4.69) is 37.0 Å². The van der Waals surface area contributed by atoms with Crippen LogP contribution in [0.25, 0.3) is 10.9 Å². The summed E-state index contributed by atoms with van der Waals surface area (Å²) in [5, 5.41) is 5.06. The molecule has 0 aliphatic carbocycles. The molecule has 8 nitrogen and oxygen atoms in total. The maximum atomic E-state index is 13.3. The molecule has 0 spiro atoms. The van der Waals surface area contributed by atoms with E-state index in [1.165, 1.54) is 18.0 Å². The molecule has 0 aliphatic rings. The summed E-state index contributed by atoms with van der Waals surface area (Å²) in [4.78, 5) is 29.1. The first-order valence-electron chi connectivity index (χ1n) is 9.91. The standard InChI is InChI=1S/C22H21Br2ClN4O4/c1-4-11(2)21-28-15-6-5-13(23)8-14(15)22(31)29(21)27-9-12-7-16(32-3)20(19(25)18(12)24)33-10-17(26)30/h5-9,11H,4,10H2,1-3H3,(H2,26,30)/t11-/m0/s1. The van der Waals surface area contributed by atoms with Gasteiger partial charge in [0.2, 0.25) is 0 Å². The molecule has 11 heteroatoms. The number of fused-ring (bicyclic) bond motifs is 1. The van der Waals surface area contributed by atoms with E-state index < -0.39 is 5.91 Å². The lowest BCUT2D eigenvalue weighted by Gasteiger charge is -2.15. The quantitative estimate of drug-likeness (QED) is 0.372. The van der Waals surface area contributed by atoms with Gasteiger partial charge in [-0.1, -0.05) is 41.4 Å². The number of carbonyl (C=O) groups excluding carboxylic acids is 1. The minimum atomic E-state index is -0.651. The Balaban J connectivity index is 2.15. The fourth-order valence-corrected chi connectivity index (χ4v) is 4.04. The van der Waals surface area contributed by atoms with Crippen molar-refractivity contribution >= 4 is 66.5 Å². The highest BCUT2D eigenvalue weighted by molar-refractivity contribution is 9.10. The minimum absolute atomic E-state index is 0.00552. The monoisotopic (exact) mass is 598 g/mol. The third-order valence-electron chi connectivity index (χ3n) is 4.93. The van der Waals surface area contributed by atoms with Crippen LogP contribution in [-0.2, 0) is 4.79 Å². The molecule has 1 aromatic heterocycles. The lowest BCUT2D eigenvalue weighted by molar-refractivity contribution is -0.119. The van der Waals surface area contributed by atoms with Gasteiger partial charge in [-0.3, -0.25) is 9.59 Å². The Morgan fingerprint density at radius 1 is 1.36 bits per heavy atom.